The Balaban J connectivity index is 0.00000385. The average Bonchev–Trinajstić information content (AvgIpc) is 3.21. The Morgan fingerprint density at radius 2 is 1.76 bits per heavy atom. The molecule has 0 bridgehead atoms. The third-order valence-electron chi connectivity index (χ3n) is 4.97. The highest BCUT2D eigenvalue weighted by atomic mass is 35.5. The second-order valence-corrected chi connectivity index (χ2v) is 10.9. The Bertz CT molecular complexity index is 1180. The summed E-state index contributed by atoms with van der Waals surface area (Å²) in [5, 5.41) is 0.598. The number of thiazole rings is 1. The molecule has 3 aromatic rings. The molecule has 0 aliphatic carbocycles. The lowest BCUT2D eigenvalue weighted by Crippen LogP contribution is -2.33. The predicted octanol–water partition coefficient (Wildman–Crippen LogP) is 4.51. The number of hydrogen-bond acceptors (Lipinski definition) is 7. The molecule has 180 valence electrons. The molecule has 0 fully saturated rings. The van der Waals surface area contributed by atoms with Crippen LogP contribution in [0.25, 0.3) is 10.2 Å². The minimum absolute atomic E-state index is 0. The van der Waals surface area contributed by atoms with Gasteiger partial charge in [-0.15, -0.1) is 12.4 Å². The molecule has 0 aliphatic rings. The summed E-state index contributed by atoms with van der Waals surface area (Å²) < 4.78 is 30.9. The van der Waals surface area contributed by atoms with E-state index in [9.17, 15) is 13.2 Å². The summed E-state index contributed by atoms with van der Waals surface area (Å²) in [5.41, 5.74) is 1.17. The van der Waals surface area contributed by atoms with Gasteiger partial charge >= 0.3 is 0 Å². The number of hydrogen-bond donors (Lipinski definition) is 0. The highest BCUT2D eigenvalue weighted by molar-refractivity contribution is 7.91. The van der Waals surface area contributed by atoms with Crippen LogP contribution >= 0.6 is 23.7 Å². The first-order chi connectivity index (χ1) is 15.3. The van der Waals surface area contributed by atoms with E-state index < -0.39 is 9.84 Å². The number of amides is 1. The first-order valence-corrected chi connectivity index (χ1v) is 13.1. The van der Waals surface area contributed by atoms with E-state index in [2.05, 4.69) is 4.90 Å². The van der Waals surface area contributed by atoms with Crippen molar-refractivity contribution in [3.8, 4) is 5.75 Å². The van der Waals surface area contributed by atoms with Crippen LogP contribution in [-0.4, -0.2) is 63.8 Å². The molecule has 1 amide bonds. The van der Waals surface area contributed by atoms with E-state index in [0.29, 0.717) is 29.6 Å². The monoisotopic (exact) mass is 511 g/mol. The van der Waals surface area contributed by atoms with Crippen molar-refractivity contribution >= 4 is 54.8 Å². The first kappa shape index (κ1) is 27.0. The van der Waals surface area contributed by atoms with Gasteiger partial charge in [-0.1, -0.05) is 24.3 Å². The van der Waals surface area contributed by atoms with Crippen LogP contribution < -0.4 is 9.64 Å². The van der Waals surface area contributed by atoms with Gasteiger partial charge in [-0.3, -0.25) is 9.69 Å². The van der Waals surface area contributed by atoms with E-state index in [0.717, 1.165) is 23.2 Å². The molecule has 3 rings (SSSR count). The molecule has 0 atom stereocenters. The molecule has 0 saturated carbocycles. The van der Waals surface area contributed by atoms with Gasteiger partial charge in [-0.25, -0.2) is 13.4 Å². The number of para-hydroxylation sites is 1. The molecule has 7 nitrogen and oxygen atoms in total. The number of nitrogens with zero attached hydrogens (tertiary/aromatic N) is 3. The zero-order chi connectivity index (χ0) is 23.3. The highest BCUT2D eigenvalue weighted by Crippen LogP contribution is 2.35. The van der Waals surface area contributed by atoms with Crippen LogP contribution in [0.5, 0.6) is 5.75 Å². The smallest absolute Gasteiger partial charge is 0.260 e. The molecular formula is C23H30ClN3O4S2. The van der Waals surface area contributed by atoms with Crippen molar-refractivity contribution in [2.24, 2.45) is 0 Å². The topological polar surface area (TPSA) is 79.8 Å². The van der Waals surface area contributed by atoms with E-state index in [4.69, 9.17) is 9.72 Å². The molecule has 0 saturated heterocycles. The lowest BCUT2D eigenvalue weighted by atomic mass is 10.2. The van der Waals surface area contributed by atoms with E-state index in [-0.39, 0.29) is 29.0 Å². The van der Waals surface area contributed by atoms with Crippen LogP contribution in [0.15, 0.2) is 47.4 Å². The molecule has 1 aromatic heterocycles. The molecule has 0 N–H and O–H groups in total. The quantitative estimate of drug-likeness (QED) is 0.398. The number of aromatic nitrogens is 1. The van der Waals surface area contributed by atoms with Gasteiger partial charge in [0.2, 0.25) is 0 Å². The number of benzene rings is 2. The van der Waals surface area contributed by atoms with Gasteiger partial charge in [-0.2, -0.15) is 0 Å². The molecular weight excluding hydrogens is 482 g/mol. The Labute approximate surface area is 205 Å². The number of fused-ring (bicyclic) bond motifs is 1. The van der Waals surface area contributed by atoms with Crippen LogP contribution in [0, 0.1) is 0 Å². The fourth-order valence-corrected chi connectivity index (χ4v) is 5.15. The van der Waals surface area contributed by atoms with Crippen LogP contribution in [0.2, 0.25) is 0 Å². The van der Waals surface area contributed by atoms with Gasteiger partial charge in [0.25, 0.3) is 5.91 Å². The van der Waals surface area contributed by atoms with Gasteiger partial charge in [-0.05, 0) is 70.4 Å². The molecule has 33 heavy (non-hydrogen) atoms. The van der Waals surface area contributed by atoms with Crippen molar-refractivity contribution in [1.29, 1.82) is 0 Å². The fourth-order valence-electron chi connectivity index (χ4n) is 3.26. The number of anilines is 1. The molecule has 0 spiro atoms. The predicted molar refractivity (Wildman–Crippen MR) is 137 cm³/mol. The van der Waals surface area contributed by atoms with Crippen LogP contribution in [0.4, 0.5) is 5.13 Å². The first-order valence-electron chi connectivity index (χ1n) is 10.6. The number of halogens is 1. The van der Waals surface area contributed by atoms with Crippen LogP contribution in [0.1, 0.15) is 30.6 Å². The second kappa shape index (κ2) is 11.8. The Kier molecular flexibility index (Phi) is 9.66. The van der Waals surface area contributed by atoms with Crippen molar-refractivity contribution < 1.29 is 17.9 Å². The van der Waals surface area contributed by atoms with Gasteiger partial charge in [0.15, 0.2) is 15.0 Å². The fraction of sp³-hybridized carbons (Fsp3) is 0.391. The zero-order valence-electron chi connectivity index (χ0n) is 19.3. The van der Waals surface area contributed by atoms with Crippen molar-refractivity contribution in [1.82, 2.24) is 9.88 Å². The number of rotatable bonds is 10. The summed E-state index contributed by atoms with van der Waals surface area (Å²) in [6.45, 7) is 5.38. The maximum absolute atomic E-state index is 13.4. The van der Waals surface area contributed by atoms with E-state index in [1.165, 1.54) is 23.5 Å². The van der Waals surface area contributed by atoms with Crippen molar-refractivity contribution in [3.05, 3.63) is 48.0 Å². The number of sulfone groups is 1. The molecule has 0 radical (unpaired) electrons. The van der Waals surface area contributed by atoms with Gasteiger partial charge in [0.05, 0.1) is 22.0 Å². The lowest BCUT2D eigenvalue weighted by Gasteiger charge is -2.21. The molecule has 2 aromatic carbocycles. The SMILES string of the molecule is CCOc1cccc2sc(N(CCCN(C)C)C(=O)c3ccc(S(=O)(=O)CC)cc3)nc12.Cl. The van der Waals surface area contributed by atoms with Crippen LogP contribution in [0.3, 0.4) is 0 Å². The lowest BCUT2D eigenvalue weighted by molar-refractivity contribution is 0.0986. The van der Waals surface area contributed by atoms with Crippen LogP contribution in [-0.2, 0) is 9.84 Å². The molecule has 0 unspecified atom stereocenters. The minimum atomic E-state index is -3.32. The van der Waals surface area contributed by atoms with Gasteiger partial charge in [0.1, 0.15) is 11.3 Å². The summed E-state index contributed by atoms with van der Waals surface area (Å²) in [6.07, 6.45) is 0.773. The number of carbonyl (C=O) groups is 1. The summed E-state index contributed by atoms with van der Waals surface area (Å²) in [5.74, 6) is 0.508. The van der Waals surface area contributed by atoms with Crippen molar-refractivity contribution in [2.45, 2.75) is 25.2 Å². The minimum Gasteiger partial charge on any atom is -0.492 e. The Morgan fingerprint density at radius 1 is 1.06 bits per heavy atom. The standard InChI is InChI=1S/C23H29N3O4S2.ClH/c1-5-30-19-9-7-10-20-21(19)24-23(31-20)26(16-8-15-25(3)4)22(27)17-11-13-18(14-12-17)32(28,29)6-2;/h7,9-14H,5-6,8,15-16H2,1-4H3;1H. The molecule has 10 heteroatoms. The maximum atomic E-state index is 13.4. The van der Waals surface area contributed by atoms with E-state index in [1.807, 2.05) is 39.2 Å². The summed E-state index contributed by atoms with van der Waals surface area (Å²) in [6, 6.07) is 11.9. The van der Waals surface area contributed by atoms with Crippen molar-refractivity contribution in [3.63, 3.8) is 0 Å². The third-order valence-corrected chi connectivity index (χ3v) is 7.77. The second-order valence-electron chi connectivity index (χ2n) is 7.57. The largest absolute Gasteiger partial charge is 0.492 e. The summed E-state index contributed by atoms with van der Waals surface area (Å²) in [4.78, 5) is 22.1. The number of ether oxygens (including phenoxy) is 1. The van der Waals surface area contributed by atoms with Gasteiger partial charge < -0.3 is 9.64 Å². The summed E-state index contributed by atoms with van der Waals surface area (Å²) >= 11 is 1.44. The van der Waals surface area contributed by atoms with Gasteiger partial charge in [0, 0.05) is 12.1 Å². The normalized spacial score (nSPS) is 11.4. The third kappa shape index (κ3) is 6.44. The maximum Gasteiger partial charge on any atom is 0.260 e. The number of carbonyl (C=O) groups excluding carboxylic acids is 1. The molecule has 0 aliphatic heterocycles. The van der Waals surface area contributed by atoms with E-state index in [1.54, 1.807) is 24.0 Å². The Hall–Kier alpha value is -2.20. The average molecular weight is 512 g/mol. The van der Waals surface area contributed by atoms with E-state index >= 15 is 0 Å². The zero-order valence-corrected chi connectivity index (χ0v) is 21.7. The summed E-state index contributed by atoms with van der Waals surface area (Å²) in [7, 11) is 0.663. The molecule has 1 heterocycles. The van der Waals surface area contributed by atoms with Crippen molar-refractivity contribution in [2.75, 3.05) is 44.4 Å². The highest BCUT2D eigenvalue weighted by Gasteiger charge is 2.23. The Morgan fingerprint density at radius 3 is 2.36 bits per heavy atom.